The standard InChI is InChI=1S/C11H15NO5/c1-11(2)6-4-5-12(10(15)16-3)8(7(6)13)17-9(11)14/h4-8,13H,1-3H3. The summed E-state index contributed by atoms with van der Waals surface area (Å²) in [5, 5.41) is 10.1. The zero-order chi connectivity index (χ0) is 12.8. The van der Waals surface area contributed by atoms with Gasteiger partial charge in [-0.3, -0.25) is 4.79 Å². The third-order valence-corrected chi connectivity index (χ3v) is 3.36. The fourth-order valence-electron chi connectivity index (χ4n) is 2.19. The molecule has 1 saturated heterocycles. The van der Waals surface area contributed by atoms with E-state index in [9.17, 15) is 14.7 Å². The fourth-order valence-corrected chi connectivity index (χ4v) is 2.19. The van der Waals surface area contributed by atoms with Crippen LogP contribution >= 0.6 is 0 Å². The number of fused-ring (bicyclic) bond motifs is 2. The lowest BCUT2D eigenvalue weighted by Crippen LogP contribution is -2.61. The van der Waals surface area contributed by atoms with Crippen molar-refractivity contribution in [3.05, 3.63) is 12.3 Å². The first-order valence-corrected chi connectivity index (χ1v) is 5.33. The Labute approximate surface area is 98.8 Å². The Kier molecular flexibility index (Phi) is 2.61. The molecule has 0 aromatic heterocycles. The molecule has 1 fully saturated rings. The largest absolute Gasteiger partial charge is 0.452 e. The van der Waals surface area contributed by atoms with E-state index in [4.69, 9.17) is 4.74 Å². The number of methoxy groups -OCH3 is 1. The summed E-state index contributed by atoms with van der Waals surface area (Å²) in [5.74, 6) is -0.800. The maximum atomic E-state index is 11.8. The molecule has 0 aromatic rings. The number of rotatable bonds is 0. The summed E-state index contributed by atoms with van der Waals surface area (Å²) in [5.41, 5.74) is -0.797. The van der Waals surface area contributed by atoms with E-state index in [0.717, 1.165) is 4.90 Å². The molecule has 0 spiro atoms. The lowest BCUT2D eigenvalue weighted by molar-refractivity contribution is -0.207. The van der Waals surface area contributed by atoms with E-state index in [2.05, 4.69) is 4.74 Å². The van der Waals surface area contributed by atoms with Crippen molar-refractivity contribution in [2.75, 3.05) is 7.11 Å². The molecule has 94 valence electrons. The second-order valence-electron chi connectivity index (χ2n) is 4.75. The van der Waals surface area contributed by atoms with Gasteiger partial charge in [-0.05, 0) is 13.8 Å². The van der Waals surface area contributed by atoms with Crippen molar-refractivity contribution in [2.24, 2.45) is 11.3 Å². The molecule has 2 bridgehead atoms. The zero-order valence-electron chi connectivity index (χ0n) is 9.91. The smallest absolute Gasteiger partial charge is 0.416 e. The van der Waals surface area contributed by atoms with E-state index in [0.29, 0.717) is 0 Å². The van der Waals surface area contributed by atoms with E-state index < -0.39 is 29.8 Å². The van der Waals surface area contributed by atoms with Crippen molar-refractivity contribution in [3.8, 4) is 0 Å². The molecular weight excluding hydrogens is 226 g/mol. The molecule has 2 heterocycles. The first-order chi connectivity index (χ1) is 7.89. The average molecular weight is 241 g/mol. The summed E-state index contributed by atoms with van der Waals surface area (Å²) < 4.78 is 9.66. The van der Waals surface area contributed by atoms with Gasteiger partial charge in [0.25, 0.3) is 0 Å². The van der Waals surface area contributed by atoms with Crippen LogP contribution in [0.25, 0.3) is 0 Å². The van der Waals surface area contributed by atoms with Gasteiger partial charge >= 0.3 is 12.1 Å². The van der Waals surface area contributed by atoms with Crippen molar-refractivity contribution < 1.29 is 24.2 Å². The van der Waals surface area contributed by atoms with Crippen LogP contribution in [0.2, 0.25) is 0 Å². The van der Waals surface area contributed by atoms with Gasteiger partial charge in [-0.2, -0.15) is 0 Å². The predicted octanol–water partition coefficient (Wildman–Crippen LogP) is 0.468. The lowest BCUT2D eigenvalue weighted by atomic mass is 9.72. The minimum absolute atomic E-state index is 0.366. The Balaban J connectivity index is 2.36. The van der Waals surface area contributed by atoms with E-state index in [1.54, 1.807) is 19.9 Å². The number of ether oxygens (including phenoxy) is 2. The van der Waals surface area contributed by atoms with Crippen LogP contribution in [0.5, 0.6) is 0 Å². The summed E-state index contributed by atoms with van der Waals surface area (Å²) in [6.07, 6.45) is 0.515. The van der Waals surface area contributed by atoms with Gasteiger partial charge in [0.2, 0.25) is 6.23 Å². The van der Waals surface area contributed by atoms with Crippen LogP contribution < -0.4 is 0 Å². The topological polar surface area (TPSA) is 76.1 Å². The molecule has 1 N–H and O–H groups in total. The second-order valence-corrected chi connectivity index (χ2v) is 4.75. The number of esters is 1. The third-order valence-electron chi connectivity index (χ3n) is 3.36. The molecular formula is C11H15NO5. The van der Waals surface area contributed by atoms with Crippen molar-refractivity contribution in [3.63, 3.8) is 0 Å². The highest BCUT2D eigenvalue weighted by Gasteiger charge is 2.54. The molecule has 3 atom stereocenters. The Morgan fingerprint density at radius 1 is 1.59 bits per heavy atom. The normalized spacial score (nSPS) is 34.2. The first kappa shape index (κ1) is 11.9. The summed E-state index contributed by atoms with van der Waals surface area (Å²) in [6.45, 7) is 3.41. The number of carbonyl (C=O) groups excluding carboxylic acids is 2. The number of hydrogen-bond donors (Lipinski definition) is 1. The first-order valence-electron chi connectivity index (χ1n) is 5.33. The zero-order valence-corrected chi connectivity index (χ0v) is 9.91. The molecule has 2 aliphatic heterocycles. The van der Waals surface area contributed by atoms with Gasteiger partial charge in [-0.1, -0.05) is 6.08 Å². The van der Waals surface area contributed by atoms with Crippen LogP contribution in [0.3, 0.4) is 0 Å². The number of nitrogens with zero attached hydrogens (tertiary/aromatic N) is 1. The van der Waals surface area contributed by atoms with E-state index in [-0.39, 0.29) is 5.92 Å². The molecule has 2 aliphatic rings. The highest BCUT2D eigenvalue weighted by Crippen LogP contribution is 2.41. The van der Waals surface area contributed by atoms with Crippen molar-refractivity contribution in [1.82, 2.24) is 4.90 Å². The number of hydrogen-bond acceptors (Lipinski definition) is 5. The minimum atomic E-state index is -1.00. The van der Waals surface area contributed by atoms with Crippen LogP contribution in [0.1, 0.15) is 13.8 Å². The van der Waals surface area contributed by atoms with Gasteiger partial charge in [-0.25, -0.2) is 9.69 Å². The average Bonchev–Trinajstić information content (AvgIpc) is 2.28. The molecule has 2 rings (SSSR count). The maximum absolute atomic E-state index is 11.8. The molecule has 17 heavy (non-hydrogen) atoms. The molecule has 0 radical (unpaired) electrons. The van der Waals surface area contributed by atoms with Gasteiger partial charge in [0.15, 0.2) is 0 Å². The Bertz CT molecular complexity index is 389. The van der Waals surface area contributed by atoms with Crippen molar-refractivity contribution in [2.45, 2.75) is 26.2 Å². The Morgan fingerprint density at radius 3 is 2.82 bits per heavy atom. The highest BCUT2D eigenvalue weighted by atomic mass is 16.6. The van der Waals surface area contributed by atoms with E-state index >= 15 is 0 Å². The van der Waals surface area contributed by atoms with Crippen LogP contribution in [-0.4, -0.2) is 41.5 Å². The van der Waals surface area contributed by atoms with Crippen LogP contribution in [0.4, 0.5) is 4.79 Å². The second kappa shape index (κ2) is 3.73. The third kappa shape index (κ3) is 1.59. The summed E-state index contributed by atoms with van der Waals surface area (Å²) in [6, 6.07) is 0. The van der Waals surface area contributed by atoms with Crippen LogP contribution in [0, 0.1) is 11.3 Å². The van der Waals surface area contributed by atoms with Crippen molar-refractivity contribution >= 4 is 12.1 Å². The van der Waals surface area contributed by atoms with Gasteiger partial charge in [0, 0.05) is 12.1 Å². The van der Waals surface area contributed by atoms with Crippen molar-refractivity contribution in [1.29, 1.82) is 0 Å². The Hall–Kier alpha value is -1.56. The molecule has 6 heteroatoms. The quantitative estimate of drug-likeness (QED) is 0.624. The molecule has 3 unspecified atom stereocenters. The molecule has 1 amide bonds. The maximum Gasteiger partial charge on any atom is 0.416 e. The number of aliphatic hydroxyl groups is 1. The predicted molar refractivity (Wildman–Crippen MR) is 56.5 cm³/mol. The number of amides is 1. The fraction of sp³-hybridized carbons (Fsp3) is 0.636. The lowest BCUT2D eigenvalue weighted by Gasteiger charge is -2.47. The molecule has 0 aliphatic carbocycles. The SMILES string of the molecule is COC(=O)N1C=CC2C(O)C1OC(=O)C2(C)C. The summed E-state index contributed by atoms with van der Waals surface area (Å²) in [4.78, 5) is 24.3. The van der Waals surface area contributed by atoms with Gasteiger partial charge in [0.1, 0.15) is 6.10 Å². The molecule has 0 saturated carbocycles. The molecule has 0 aromatic carbocycles. The summed E-state index contributed by atoms with van der Waals surface area (Å²) >= 11 is 0. The van der Waals surface area contributed by atoms with Gasteiger partial charge in [-0.15, -0.1) is 0 Å². The summed E-state index contributed by atoms with van der Waals surface area (Å²) in [7, 11) is 1.23. The minimum Gasteiger partial charge on any atom is -0.452 e. The van der Waals surface area contributed by atoms with Crippen LogP contribution in [-0.2, 0) is 14.3 Å². The number of carbonyl (C=O) groups is 2. The monoisotopic (exact) mass is 241 g/mol. The molecule has 6 nitrogen and oxygen atoms in total. The highest BCUT2D eigenvalue weighted by molar-refractivity contribution is 5.79. The van der Waals surface area contributed by atoms with E-state index in [1.807, 2.05) is 0 Å². The van der Waals surface area contributed by atoms with Gasteiger partial charge < -0.3 is 14.6 Å². The Morgan fingerprint density at radius 2 is 2.24 bits per heavy atom. The van der Waals surface area contributed by atoms with Crippen LogP contribution in [0.15, 0.2) is 12.3 Å². The van der Waals surface area contributed by atoms with Gasteiger partial charge in [0.05, 0.1) is 12.5 Å². The van der Waals surface area contributed by atoms with E-state index in [1.165, 1.54) is 13.3 Å². The number of aliphatic hydroxyl groups excluding tert-OH is 1.